The van der Waals surface area contributed by atoms with E-state index >= 15 is 0 Å². The van der Waals surface area contributed by atoms with Gasteiger partial charge in [-0.25, -0.2) is 0 Å². The second-order valence-electron chi connectivity index (χ2n) is 16.0. The van der Waals surface area contributed by atoms with Crippen LogP contribution in [0.3, 0.4) is 0 Å². The fourth-order valence-corrected chi connectivity index (χ4v) is 9.28. The van der Waals surface area contributed by atoms with Crippen LogP contribution in [0.5, 0.6) is 11.5 Å². The number of rotatable bonds is 24. The fraction of sp³-hybridized carbons (Fsp3) is 0.447. The Balaban J connectivity index is 1.54. The number of aliphatic hydroxyl groups is 3. The molecule has 3 aromatic rings. The van der Waals surface area contributed by atoms with Gasteiger partial charge in [0.05, 0.1) is 47.9 Å². The number of ether oxygens (including phenoxy) is 3. The molecular formula is C47H56N4O13. The summed E-state index contributed by atoms with van der Waals surface area (Å²) in [6.07, 6.45) is 10.7. The van der Waals surface area contributed by atoms with Gasteiger partial charge in [0.25, 0.3) is 11.4 Å². The first-order valence-electron chi connectivity index (χ1n) is 21.6. The summed E-state index contributed by atoms with van der Waals surface area (Å²) >= 11 is 0. The first-order chi connectivity index (χ1) is 31.0. The van der Waals surface area contributed by atoms with Crippen LogP contribution in [0.15, 0.2) is 102 Å². The van der Waals surface area contributed by atoms with Crippen molar-refractivity contribution in [2.24, 2.45) is 22.9 Å². The number of nitrogens with zero attached hydrogens (tertiary/aromatic N) is 4. The minimum atomic E-state index is -1.61. The lowest BCUT2D eigenvalue weighted by atomic mass is 9.55. The number of oxime groups is 1. The number of hydrogen-bond acceptors (Lipinski definition) is 14. The lowest BCUT2D eigenvalue weighted by Gasteiger charge is -2.60. The van der Waals surface area contributed by atoms with Crippen LogP contribution in [-0.2, 0) is 25.7 Å². The number of amides is 1. The quantitative estimate of drug-likeness (QED) is 0.0244. The number of allylic oxidation sites excluding steroid dienone is 1. The summed E-state index contributed by atoms with van der Waals surface area (Å²) in [4.78, 5) is 44.1. The zero-order chi connectivity index (χ0) is 45.6. The first-order valence-corrected chi connectivity index (χ1v) is 21.6. The zero-order valence-electron chi connectivity index (χ0n) is 35.6. The van der Waals surface area contributed by atoms with E-state index in [1.807, 2.05) is 0 Å². The van der Waals surface area contributed by atoms with Crippen LogP contribution in [0.2, 0.25) is 0 Å². The summed E-state index contributed by atoms with van der Waals surface area (Å²) in [7, 11) is 0. The van der Waals surface area contributed by atoms with Crippen LogP contribution in [0.1, 0.15) is 67.6 Å². The Kier molecular flexibility index (Phi) is 16.8. The van der Waals surface area contributed by atoms with E-state index in [1.54, 1.807) is 41.3 Å². The van der Waals surface area contributed by atoms with Gasteiger partial charge in [0, 0.05) is 68.0 Å². The van der Waals surface area contributed by atoms with E-state index in [0.717, 1.165) is 17.6 Å². The number of carbonyl (C=O) groups excluding carboxylic acids is 1. The number of nitro groups is 2. The predicted molar refractivity (Wildman–Crippen MR) is 236 cm³/mol. The van der Waals surface area contributed by atoms with Crippen molar-refractivity contribution >= 4 is 29.1 Å². The molecule has 17 nitrogen and oxygen atoms in total. The van der Waals surface area contributed by atoms with E-state index in [1.165, 1.54) is 48.5 Å². The molecule has 1 aliphatic heterocycles. The molecule has 6 atom stereocenters. The van der Waals surface area contributed by atoms with Crippen molar-refractivity contribution in [2.45, 2.75) is 69.3 Å². The number of phenolic OH excluding ortho intramolecular Hbond substituents is 1. The molecule has 0 unspecified atom stereocenters. The van der Waals surface area contributed by atoms with E-state index in [9.17, 15) is 45.4 Å². The zero-order valence-corrected chi connectivity index (χ0v) is 35.6. The minimum absolute atomic E-state index is 0.0101. The highest BCUT2D eigenvalue weighted by Crippen LogP contribution is 2.62. The van der Waals surface area contributed by atoms with E-state index in [-0.39, 0.29) is 94.1 Å². The van der Waals surface area contributed by atoms with Gasteiger partial charge in [0.2, 0.25) is 11.7 Å². The van der Waals surface area contributed by atoms with Crippen molar-refractivity contribution in [3.63, 3.8) is 0 Å². The minimum Gasteiger partial charge on any atom is -0.508 e. The molecule has 4 N–H and O–H groups in total. The molecule has 1 amide bonds. The summed E-state index contributed by atoms with van der Waals surface area (Å²) in [6.45, 7) is 3.78. The van der Waals surface area contributed by atoms with Crippen molar-refractivity contribution < 1.29 is 54.1 Å². The molecule has 1 fully saturated rings. The van der Waals surface area contributed by atoms with Crippen LogP contribution < -0.4 is 4.74 Å². The molecule has 64 heavy (non-hydrogen) atoms. The molecule has 1 heterocycles. The number of unbranched alkanes of at least 4 members (excludes halogenated alkanes) is 2. The molecule has 342 valence electrons. The van der Waals surface area contributed by atoms with Crippen LogP contribution in [-0.4, -0.2) is 105 Å². The normalized spacial score (nSPS) is 22.8. The molecule has 0 bridgehead atoms. The SMILES string of the molecule is C=CCO[C@@]12Oc3ccc(O)cc3[C@H]3[C@H](CCCCO)[C@@H](CCCCO)C=C(C(=NOCc4ccc([N+](=O)[O-])cc4)C[C@@H]1N(CCOCCO)C(=O)C=Cc1ccc([N+](=O)[O-])cc1)[C@H]32. The van der Waals surface area contributed by atoms with Crippen molar-refractivity contribution in [1.82, 2.24) is 4.90 Å². The lowest BCUT2D eigenvalue weighted by Crippen LogP contribution is -2.70. The molecule has 3 aromatic carbocycles. The third kappa shape index (κ3) is 11.0. The smallest absolute Gasteiger partial charge is 0.269 e. The maximum atomic E-state index is 14.8. The Bertz CT molecular complexity index is 2180. The molecule has 0 radical (unpaired) electrons. The summed E-state index contributed by atoms with van der Waals surface area (Å²) in [5.74, 6) is -2.79. The van der Waals surface area contributed by atoms with Gasteiger partial charge in [0.15, 0.2) is 0 Å². The summed E-state index contributed by atoms with van der Waals surface area (Å²) < 4.78 is 19.8. The van der Waals surface area contributed by atoms with Crippen LogP contribution in [0.25, 0.3) is 6.08 Å². The number of fused-ring (bicyclic) bond motifs is 2. The standard InChI is InChI=1S/C47H56N4O13/c1-2-25-62-47-43(49(21-26-61-27-24-54)44(56)20-13-32-9-14-35(15-10-32)50(57)58)30-41(48-63-31-33-11-16-36(17-12-33)51(59)60)39-28-34(7-3-5-22-52)38(8-4-6-23-53)45(46(39)47)40-29-37(55)18-19-42(40)64-47/h2,9-20,28-29,34,38,43,45-46,52-55H,1,3-8,21-27,30-31H2/t34-,38+,43-,45+,46+,47+/m0/s1. The number of phenols is 1. The third-order valence-electron chi connectivity index (χ3n) is 12.1. The molecule has 2 aliphatic carbocycles. The second kappa shape index (κ2) is 22.6. The highest BCUT2D eigenvalue weighted by Gasteiger charge is 2.65. The summed E-state index contributed by atoms with van der Waals surface area (Å²) in [5, 5.41) is 67.7. The van der Waals surface area contributed by atoms with Crippen LogP contribution in [0, 0.1) is 38.0 Å². The average Bonchev–Trinajstić information content (AvgIpc) is 3.29. The summed E-state index contributed by atoms with van der Waals surface area (Å²) in [5.41, 5.74) is 3.00. The molecule has 0 spiro atoms. The van der Waals surface area contributed by atoms with Gasteiger partial charge in [-0.15, -0.1) is 6.58 Å². The van der Waals surface area contributed by atoms with Gasteiger partial charge in [-0.3, -0.25) is 25.0 Å². The molecule has 17 heteroatoms. The largest absolute Gasteiger partial charge is 0.508 e. The molecular weight excluding hydrogens is 829 g/mol. The fourth-order valence-electron chi connectivity index (χ4n) is 9.28. The molecule has 1 saturated carbocycles. The van der Waals surface area contributed by atoms with Gasteiger partial charge in [0.1, 0.15) is 24.1 Å². The highest BCUT2D eigenvalue weighted by molar-refractivity contribution is 6.03. The van der Waals surface area contributed by atoms with E-state index in [0.29, 0.717) is 54.7 Å². The number of aromatic hydroxyl groups is 1. The maximum Gasteiger partial charge on any atom is 0.269 e. The molecule has 0 aromatic heterocycles. The van der Waals surface area contributed by atoms with Crippen LogP contribution in [0.4, 0.5) is 11.4 Å². The van der Waals surface area contributed by atoms with Gasteiger partial charge in [-0.2, -0.15) is 0 Å². The number of nitro benzene ring substituents is 2. The molecule has 0 saturated heterocycles. The van der Waals surface area contributed by atoms with E-state index in [4.69, 9.17) is 24.2 Å². The van der Waals surface area contributed by atoms with Gasteiger partial charge in [-0.05, 0) is 103 Å². The maximum absolute atomic E-state index is 14.8. The Hall–Kier alpha value is -5.98. The van der Waals surface area contributed by atoms with Gasteiger partial charge in [-0.1, -0.05) is 30.1 Å². The Morgan fingerprint density at radius 2 is 1.61 bits per heavy atom. The Morgan fingerprint density at radius 3 is 2.27 bits per heavy atom. The Labute approximate surface area is 371 Å². The van der Waals surface area contributed by atoms with Crippen molar-refractivity contribution in [3.8, 4) is 11.5 Å². The highest BCUT2D eigenvalue weighted by atomic mass is 16.7. The number of non-ortho nitro benzene ring substituents is 2. The third-order valence-corrected chi connectivity index (χ3v) is 12.1. The average molecular weight is 885 g/mol. The first kappa shape index (κ1) is 47.5. The topological polar surface area (TPSA) is 237 Å². The molecule has 6 rings (SSSR count). The number of benzene rings is 3. The van der Waals surface area contributed by atoms with Gasteiger partial charge < -0.3 is 44.4 Å². The predicted octanol–water partition coefficient (Wildman–Crippen LogP) is 6.59. The number of carbonyl (C=O) groups is 1. The van der Waals surface area contributed by atoms with Crippen molar-refractivity contribution in [3.05, 3.63) is 134 Å². The van der Waals surface area contributed by atoms with Crippen LogP contribution >= 0.6 is 0 Å². The lowest BCUT2D eigenvalue weighted by molar-refractivity contribution is -0.385. The van der Waals surface area contributed by atoms with Crippen molar-refractivity contribution in [2.75, 3.05) is 46.2 Å². The number of hydrogen-bond donors (Lipinski definition) is 4. The Morgan fingerprint density at radius 1 is 0.922 bits per heavy atom. The second-order valence-corrected chi connectivity index (χ2v) is 16.0. The molecule has 3 aliphatic rings. The van der Waals surface area contributed by atoms with Crippen molar-refractivity contribution in [1.29, 1.82) is 0 Å². The van der Waals surface area contributed by atoms with Gasteiger partial charge >= 0.3 is 0 Å². The summed E-state index contributed by atoms with van der Waals surface area (Å²) in [6, 6.07) is 15.7. The number of aliphatic hydroxyl groups excluding tert-OH is 3. The van der Waals surface area contributed by atoms with E-state index < -0.39 is 33.5 Å². The van der Waals surface area contributed by atoms with E-state index in [2.05, 4.69) is 12.7 Å². The monoisotopic (exact) mass is 884 g/mol.